The van der Waals surface area contributed by atoms with Gasteiger partial charge in [-0.25, -0.2) is 5.48 Å². The fourth-order valence-corrected chi connectivity index (χ4v) is 5.11. The standard InChI is InChI=1S/C28H32N4O5/c1-17(33)26(28(36)32-37)31-27(35)21-9-4-18(5-10-21)2-3-19-7-12-23(13-8-19)30-25(34)16-29-24-15-20-6-11-22(24)14-20/h4-5,7-10,12-13,17,20,22,24,26,29,33,37H,6,11,14-16H2,1H3,(H,30,34)(H,31,35)(H,32,36)/t17-,20+,22-,24-,26+/m1/s1. The Hall–Kier alpha value is -3.71. The quantitative estimate of drug-likeness (QED) is 0.184. The smallest absolute Gasteiger partial charge is 0.268 e. The lowest BCUT2D eigenvalue weighted by atomic mass is 9.95. The normalized spacial score (nSPS) is 21.3. The van der Waals surface area contributed by atoms with Crippen molar-refractivity contribution in [3.05, 3.63) is 65.2 Å². The van der Waals surface area contributed by atoms with Crippen molar-refractivity contribution in [2.75, 3.05) is 11.9 Å². The molecule has 0 aromatic heterocycles. The van der Waals surface area contributed by atoms with E-state index in [1.807, 2.05) is 24.3 Å². The topological polar surface area (TPSA) is 140 Å². The van der Waals surface area contributed by atoms with E-state index in [2.05, 4.69) is 27.8 Å². The summed E-state index contributed by atoms with van der Waals surface area (Å²) in [5, 5.41) is 27.1. The molecule has 2 aliphatic carbocycles. The largest absolute Gasteiger partial charge is 0.391 e. The highest BCUT2D eigenvalue weighted by atomic mass is 16.5. The van der Waals surface area contributed by atoms with E-state index >= 15 is 0 Å². The summed E-state index contributed by atoms with van der Waals surface area (Å²) in [7, 11) is 0. The molecule has 0 aliphatic heterocycles. The number of anilines is 1. The van der Waals surface area contributed by atoms with E-state index < -0.39 is 24.0 Å². The van der Waals surface area contributed by atoms with Crippen molar-refractivity contribution in [3.8, 4) is 11.8 Å². The van der Waals surface area contributed by atoms with Gasteiger partial charge in [0.1, 0.15) is 6.04 Å². The number of carbonyl (C=O) groups excluding carboxylic acids is 3. The molecule has 9 heteroatoms. The lowest BCUT2D eigenvalue weighted by molar-refractivity contribution is -0.133. The van der Waals surface area contributed by atoms with E-state index in [4.69, 9.17) is 5.21 Å². The Bertz CT molecular complexity index is 1180. The van der Waals surface area contributed by atoms with Crippen LogP contribution in [0.1, 0.15) is 54.1 Å². The van der Waals surface area contributed by atoms with Gasteiger partial charge in [-0.15, -0.1) is 0 Å². The number of amides is 3. The van der Waals surface area contributed by atoms with Crippen LogP contribution in [0, 0.1) is 23.7 Å². The molecule has 194 valence electrons. The SMILES string of the molecule is C[C@@H](O)[C@H](NC(=O)c1ccc(C#Cc2ccc(NC(=O)CN[C@@H]3C[C@H]4CC[C@@H]3C4)cc2)cc1)C(=O)NO. The van der Waals surface area contributed by atoms with Crippen molar-refractivity contribution >= 4 is 23.4 Å². The first-order valence-electron chi connectivity index (χ1n) is 12.5. The summed E-state index contributed by atoms with van der Waals surface area (Å²) in [5.74, 6) is 6.10. The number of hydroxylamine groups is 1. The molecule has 2 aromatic carbocycles. The van der Waals surface area contributed by atoms with Crippen LogP contribution < -0.4 is 21.4 Å². The Morgan fingerprint density at radius 1 is 0.973 bits per heavy atom. The molecule has 9 nitrogen and oxygen atoms in total. The van der Waals surface area contributed by atoms with E-state index in [9.17, 15) is 19.5 Å². The molecule has 2 saturated carbocycles. The molecule has 2 fully saturated rings. The minimum atomic E-state index is -1.29. The summed E-state index contributed by atoms with van der Waals surface area (Å²) in [6.45, 7) is 1.65. The Morgan fingerprint density at radius 2 is 1.62 bits per heavy atom. The summed E-state index contributed by atoms with van der Waals surface area (Å²) in [4.78, 5) is 36.3. The van der Waals surface area contributed by atoms with Gasteiger partial charge in [-0.05, 0) is 86.6 Å². The Labute approximate surface area is 216 Å². The maximum atomic E-state index is 12.4. The van der Waals surface area contributed by atoms with Gasteiger partial charge < -0.3 is 21.1 Å². The number of aliphatic hydroxyl groups excluding tert-OH is 1. The van der Waals surface area contributed by atoms with Gasteiger partial charge in [0.15, 0.2) is 0 Å². The fourth-order valence-electron chi connectivity index (χ4n) is 5.11. The number of benzene rings is 2. The van der Waals surface area contributed by atoms with Gasteiger partial charge in [0.2, 0.25) is 5.91 Å². The van der Waals surface area contributed by atoms with Crippen molar-refractivity contribution in [2.45, 2.75) is 50.8 Å². The maximum absolute atomic E-state index is 12.4. The molecular formula is C28H32N4O5. The minimum absolute atomic E-state index is 0.0532. The summed E-state index contributed by atoms with van der Waals surface area (Å²) >= 11 is 0. The highest BCUT2D eigenvalue weighted by molar-refractivity contribution is 5.97. The highest BCUT2D eigenvalue weighted by Crippen LogP contribution is 2.44. The molecule has 6 N–H and O–H groups in total. The maximum Gasteiger partial charge on any atom is 0.268 e. The van der Waals surface area contributed by atoms with Crippen molar-refractivity contribution in [1.29, 1.82) is 0 Å². The van der Waals surface area contributed by atoms with Crippen molar-refractivity contribution < 1.29 is 24.7 Å². The second-order valence-corrected chi connectivity index (χ2v) is 9.78. The molecule has 4 rings (SSSR count). The number of fused-ring (bicyclic) bond motifs is 2. The summed E-state index contributed by atoms with van der Waals surface area (Å²) in [6.07, 6.45) is 3.92. The summed E-state index contributed by atoms with van der Waals surface area (Å²) in [6, 6.07) is 12.9. The Balaban J connectivity index is 1.26. The first-order chi connectivity index (χ1) is 17.8. The number of carbonyl (C=O) groups is 3. The van der Waals surface area contributed by atoms with E-state index in [0.717, 1.165) is 17.4 Å². The van der Waals surface area contributed by atoms with Crippen LogP contribution in [0.25, 0.3) is 0 Å². The monoisotopic (exact) mass is 504 g/mol. The molecule has 0 heterocycles. The average molecular weight is 505 g/mol. The van der Waals surface area contributed by atoms with Crippen LogP contribution in [0.3, 0.4) is 0 Å². The van der Waals surface area contributed by atoms with Crippen LogP contribution in [0.15, 0.2) is 48.5 Å². The first kappa shape index (κ1) is 26.4. The van der Waals surface area contributed by atoms with Gasteiger partial charge >= 0.3 is 0 Å². The van der Waals surface area contributed by atoms with E-state index in [1.165, 1.54) is 38.1 Å². The van der Waals surface area contributed by atoms with Crippen molar-refractivity contribution in [3.63, 3.8) is 0 Å². The van der Waals surface area contributed by atoms with Crippen LogP contribution in [0.2, 0.25) is 0 Å². The number of rotatable bonds is 8. The van der Waals surface area contributed by atoms with Gasteiger partial charge in [0, 0.05) is 28.4 Å². The number of aliphatic hydroxyl groups is 1. The van der Waals surface area contributed by atoms with Gasteiger partial charge in [0.05, 0.1) is 12.6 Å². The van der Waals surface area contributed by atoms with Gasteiger partial charge in [0.25, 0.3) is 11.8 Å². The second-order valence-electron chi connectivity index (χ2n) is 9.78. The molecule has 2 aliphatic rings. The first-order valence-corrected chi connectivity index (χ1v) is 12.5. The van der Waals surface area contributed by atoms with E-state index in [1.54, 1.807) is 24.3 Å². The predicted octanol–water partition coefficient (Wildman–Crippen LogP) is 1.79. The molecule has 2 aromatic rings. The van der Waals surface area contributed by atoms with Gasteiger partial charge in [-0.3, -0.25) is 19.6 Å². The molecule has 2 bridgehead atoms. The lowest BCUT2D eigenvalue weighted by Gasteiger charge is -2.22. The van der Waals surface area contributed by atoms with Gasteiger partial charge in [-0.1, -0.05) is 18.3 Å². The third-order valence-corrected chi connectivity index (χ3v) is 7.09. The molecule has 0 spiro atoms. The van der Waals surface area contributed by atoms with Crippen molar-refractivity contribution in [2.24, 2.45) is 11.8 Å². The fraction of sp³-hybridized carbons (Fsp3) is 0.393. The summed E-state index contributed by atoms with van der Waals surface area (Å²) < 4.78 is 0. The molecule has 0 unspecified atom stereocenters. The average Bonchev–Trinajstić information content (AvgIpc) is 3.53. The lowest BCUT2D eigenvalue weighted by Crippen LogP contribution is -2.51. The van der Waals surface area contributed by atoms with Crippen LogP contribution in [0.5, 0.6) is 0 Å². The Kier molecular flexibility index (Phi) is 8.56. The molecular weight excluding hydrogens is 472 g/mol. The van der Waals surface area contributed by atoms with Gasteiger partial charge in [-0.2, -0.15) is 0 Å². The molecule has 0 saturated heterocycles. The Morgan fingerprint density at radius 3 is 2.16 bits per heavy atom. The van der Waals surface area contributed by atoms with Crippen LogP contribution >= 0.6 is 0 Å². The molecule has 0 radical (unpaired) electrons. The zero-order chi connectivity index (χ0) is 26.4. The number of hydrogen-bond donors (Lipinski definition) is 6. The molecule has 37 heavy (non-hydrogen) atoms. The predicted molar refractivity (Wildman–Crippen MR) is 138 cm³/mol. The van der Waals surface area contributed by atoms with E-state index in [-0.39, 0.29) is 11.5 Å². The second kappa shape index (κ2) is 12.0. The molecule has 5 atom stereocenters. The van der Waals surface area contributed by atoms with Crippen LogP contribution in [-0.4, -0.2) is 52.8 Å². The van der Waals surface area contributed by atoms with Crippen molar-refractivity contribution in [1.82, 2.24) is 16.1 Å². The highest BCUT2D eigenvalue weighted by Gasteiger charge is 2.39. The zero-order valence-corrected chi connectivity index (χ0v) is 20.7. The van der Waals surface area contributed by atoms with E-state index in [0.29, 0.717) is 23.8 Å². The number of hydrogen-bond acceptors (Lipinski definition) is 6. The minimum Gasteiger partial charge on any atom is -0.391 e. The third kappa shape index (κ3) is 6.95. The third-order valence-electron chi connectivity index (χ3n) is 7.09. The molecule has 3 amide bonds. The van der Waals surface area contributed by atoms with Crippen LogP contribution in [0.4, 0.5) is 5.69 Å². The zero-order valence-electron chi connectivity index (χ0n) is 20.7. The number of nitrogens with one attached hydrogen (secondary N) is 4. The summed E-state index contributed by atoms with van der Waals surface area (Å²) in [5.41, 5.74) is 3.87. The van der Waals surface area contributed by atoms with Crippen LogP contribution in [-0.2, 0) is 9.59 Å².